The number of nitrogens with zero attached hydrogens (tertiary/aromatic N) is 1. The van der Waals surface area contributed by atoms with E-state index in [0.717, 1.165) is 15.8 Å². The maximum atomic E-state index is 12.2. The SMILES string of the molecule is CC(C(=O)NC(CO)CO)c1ccc(Oc2nc3ccc(Cl)cc3s2)cc1. The molecule has 0 saturated carbocycles. The lowest BCUT2D eigenvalue weighted by Crippen LogP contribution is -2.42. The van der Waals surface area contributed by atoms with Gasteiger partial charge in [-0.3, -0.25) is 4.79 Å². The maximum absolute atomic E-state index is 12.2. The highest BCUT2D eigenvalue weighted by Gasteiger charge is 2.18. The number of aliphatic hydroxyl groups is 2. The average Bonchev–Trinajstić information content (AvgIpc) is 3.07. The Kier molecular flexibility index (Phi) is 6.28. The van der Waals surface area contributed by atoms with Gasteiger partial charge in [-0.05, 0) is 42.8 Å². The molecule has 142 valence electrons. The number of amides is 1. The van der Waals surface area contributed by atoms with E-state index in [1.165, 1.54) is 11.3 Å². The van der Waals surface area contributed by atoms with Gasteiger partial charge in [-0.1, -0.05) is 35.1 Å². The minimum Gasteiger partial charge on any atom is -0.431 e. The number of hydrogen-bond acceptors (Lipinski definition) is 6. The van der Waals surface area contributed by atoms with E-state index in [0.29, 0.717) is 16.0 Å². The van der Waals surface area contributed by atoms with Gasteiger partial charge in [0, 0.05) is 5.02 Å². The number of benzene rings is 2. The molecule has 0 spiro atoms. The lowest BCUT2D eigenvalue weighted by Gasteiger charge is -2.17. The Balaban J connectivity index is 1.68. The fraction of sp³-hybridized carbons (Fsp3) is 0.263. The molecule has 6 nitrogen and oxygen atoms in total. The monoisotopic (exact) mass is 406 g/mol. The summed E-state index contributed by atoms with van der Waals surface area (Å²) in [5.74, 6) is -0.0795. The molecule has 0 aliphatic rings. The zero-order valence-corrected chi connectivity index (χ0v) is 16.1. The molecule has 3 aromatic rings. The molecule has 1 aromatic heterocycles. The van der Waals surface area contributed by atoms with Crippen LogP contribution in [0, 0.1) is 0 Å². The Morgan fingerprint density at radius 3 is 2.59 bits per heavy atom. The van der Waals surface area contributed by atoms with Gasteiger partial charge in [0.1, 0.15) is 5.75 Å². The first kappa shape index (κ1) is 19.6. The molecule has 0 bridgehead atoms. The third-order valence-corrected chi connectivity index (χ3v) is 5.23. The van der Waals surface area contributed by atoms with E-state index in [2.05, 4.69) is 10.3 Å². The van der Waals surface area contributed by atoms with Crippen molar-refractivity contribution < 1.29 is 19.7 Å². The molecule has 0 aliphatic carbocycles. The van der Waals surface area contributed by atoms with Gasteiger partial charge >= 0.3 is 0 Å². The van der Waals surface area contributed by atoms with E-state index in [4.69, 9.17) is 26.6 Å². The minimum absolute atomic E-state index is 0.264. The highest BCUT2D eigenvalue weighted by atomic mass is 35.5. The van der Waals surface area contributed by atoms with E-state index in [-0.39, 0.29) is 19.1 Å². The Morgan fingerprint density at radius 2 is 1.93 bits per heavy atom. The van der Waals surface area contributed by atoms with Crippen LogP contribution in [-0.4, -0.2) is 40.4 Å². The third-order valence-electron chi connectivity index (χ3n) is 4.10. The Labute approximate surface area is 165 Å². The number of aromatic nitrogens is 1. The smallest absolute Gasteiger partial charge is 0.279 e. The van der Waals surface area contributed by atoms with Gasteiger partial charge in [0.05, 0.1) is 35.4 Å². The molecule has 1 atom stereocenters. The van der Waals surface area contributed by atoms with Gasteiger partial charge in [0.2, 0.25) is 5.91 Å². The maximum Gasteiger partial charge on any atom is 0.279 e. The quantitative estimate of drug-likeness (QED) is 0.559. The average molecular weight is 407 g/mol. The number of hydrogen-bond donors (Lipinski definition) is 3. The zero-order valence-electron chi connectivity index (χ0n) is 14.6. The largest absolute Gasteiger partial charge is 0.431 e. The van der Waals surface area contributed by atoms with Gasteiger partial charge in [-0.15, -0.1) is 0 Å². The van der Waals surface area contributed by atoms with E-state index in [1.54, 1.807) is 37.3 Å². The summed E-state index contributed by atoms with van der Waals surface area (Å²) in [6.07, 6.45) is 0. The molecule has 8 heteroatoms. The summed E-state index contributed by atoms with van der Waals surface area (Å²) in [6.45, 7) is 1.14. The minimum atomic E-state index is -0.657. The van der Waals surface area contributed by atoms with Crippen molar-refractivity contribution >= 4 is 39.1 Å². The van der Waals surface area contributed by atoms with Crippen LogP contribution < -0.4 is 10.1 Å². The predicted octanol–water partition coefficient (Wildman–Crippen LogP) is 3.31. The molecule has 1 heterocycles. The molecule has 3 rings (SSSR count). The van der Waals surface area contributed by atoms with E-state index in [9.17, 15) is 4.79 Å². The Bertz CT molecular complexity index is 925. The molecule has 0 radical (unpaired) electrons. The van der Waals surface area contributed by atoms with Crippen LogP contribution in [0.25, 0.3) is 10.2 Å². The van der Waals surface area contributed by atoms with Crippen molar-refractivity contribution in [2.24, 2.45) is 0 Å². The molecule has 0 saturated heterocycles. The van der Waals surface area contributed by atoms with Gasteiger partial charge in [0.15, 0.2) is 0 Å². The molecule has 0 aliphatic heterocycles. The predicted molar refractivity (Wildman–Crippen MR) is 106 cm³/mol. The number of aliphatic hydroxyl groups excluding tert-OH is 2. The first-order valence-electron chi connectivity index (χ1n) is 8.36. The van der Waals surface area contributed by atoms with Gasteiger partial charge < -0.3 is 20.3 Å². The first-order valence-corrected chi connectivity index (χ1v) is 9.55. The number of thiazole rings is 1. The van der Waals surface area contributed by atoms with Crippen molar-refractivity contribution in [3.63, 3.8) is 0 Å². The van der Waals surface area contributed by atoms with E-state index >= 15 is 0 Å². The molecule has 2 aromatic carbocycles. The normalized spacial score (nSPS) is 12.3. The number of carbonyl (C=O) groups excluding carboxylic acids is 1. The second kappa shape index (κ2) is 8.67. The van der Waals surface area contributed by atoms with E-state index in [1.807, 2.05) is 12.1 Å². The highest BCUT2D eigenvalue weighted by Crippen LogP contribution is 2.33. The van der Waals surface area contributed by atoms with Crippen molar-refractivity contribution in [2.75, 3.05) is 13.2 Å². The molecule has 3 N–H and O–H groups in total. The molecule has 0 fully saturated rings. The topological polar surface area (TPSA) is 91.7 Å². The van der Waals surface area contributed by atoms with Crippen LogP contribution in [0.5, 0.6) is 10.9 Å². The molecule has 1 amide bonds. The van der Waals surface area contributed by atoms with Gasteiger partial charge in [0.25, 0.3) is 5.19 Å². The van der Waals surface area contributed by atoms with Crippen LogP contribution in [0.2, 0.25) is 5.02 Å². The lowest BCUT2D eigenvalue weighted by molar-refractivity contribution is -0.123. The lowest BCUT2D eigenvalue weighted by atomic mass is 10.00. The molecular weight excluding hydrogens is 388 g/mol. The van der Waals surface area contributed by atoms with Gasteiger partial charge in [-0.2, -0.15) is 0 Å². The number of rotatable bonds is 7. The van der Waals surface area contributed by atoms with Crippen molar-refractivity contribution in [1.29, 1.82) is 0 Å². The zero-order chi connectivity index (χ0) is 19.4. The van der Waals surface area contributed by atoms with Crippen molar-refractivity contribution in [2.45, 2.75) is 18.9 Å². The van der Waals surface area contributed by atoms with Gasteiger partial charge in [-0.25, -0.2) is 4.98 Å². The van der Waals surface area contributed by atoms with Crippen LogP contribution in [0.15, 0.2) is 42.5 Å². The van der Waals surface area contributed by atoms with Crippen molar-refractivity contribution in [3.05, 3.63) is 53.1 Å². The number of fused-ring (bicyclic) bond motifs is 1. The summed E-state index contributed by atoms with van der Waals surface area (Å²) in [4.78, 5) is 16.6. The number of carbonyl (C=O) groups is 1. The molecule has 1 unspecified atom stereocenters. The standard InChI is InChI=1S/C19H19ClN2O4S/c1-11(18(25)21-14(9-23)10-24)12-2-5-15(6-3-12)26-19-22-16-7-4-13(20)8-17(16)27-19/h2-8,11,14,23-24H,9-10H2,1H3,(H,21,25). The van der Waals surface area contributed by atoms with Crippen LogP contribution in [0.1, 0.15) is 18.4 Å². The second-order valence-electron chi connectivity index (χ2n) is 6.06. The summed E-state index contributed by atoms with van der Waals surface area (Å²) in [7, 11) is 0. The number of nitrogens with one attached hydrogen (secondary N) is 1. The third kappa shape index (κ3) is 4.75. The Hall–Kier alpha value is -2.19. The summed E-state index contributed by atoms with van der Waals surface area (Å²) < 4.78 is 6.74. The van der Waals surface area contributed by atoms with Crippen LogP contribution in [0.4, 0.5) is 0 Å². The fourth-order valence-corrected chi connectivity index (χ4v) is 3.58. The summed E-state index contributed by atoms with van der Waals surface area (Å²) in [5, 5.41) is 21.9. The summed E-state index contributed by atoms with van der Waals surface area (Å²) in [6, 6.07) is 12.0. The summed E-state index contributed by atoms with van der Waals surface area (Å²) in [5.41, 5.74) is 1.62. The Morgan fingerprint density at radius 1 is 1.22 bits per heavy atom. The molecular formula is C19H19ClN2O4S. The molecule has 27 heavy (non-hydrogen) atoms. The van der Waals surface area contributed by atoms with Crippen LogP contribution in [0.3, 0.4) is 0 Å². The van der Waals surface area contributed by atoms with Crippen molar-refractivity contribution in [3.8, 4) is 10.9 Å². The number of halogens is 1. The van der Waals surface area contributed by atoms with Crippen LogP contribution >= 0.6 is 22.9 Å². The fourth-order valence-electron chi connectivity index (χ4n) is 2.47. The van der Waals surface area contributed by atoms with Crippen LogP contribution in [-0.2, 0) is 4.79 Å². The highest BCUT2D eigenvalue weighted by molar-refractivity contribution is 7.20. The summed E-state index contributed by atoms with van der Waals surface area (Å²) >= 11 is 7.39. The first-order chi connectivity index (χ1) is 13.0. The van der Waals surface area contributed by atoms with E-state index < -0.39 is 12.0 Å². The number of ether oxygens (including phenoxy) is 1. The van der Waals surface area contributed by atoms with Crippen molar-refractivity contribution in [1.82, 2.24) is 10.3 Å². The second-order valence-corrected chi connectivity index (χ2v) is 7.48.